The van der Waals surface area contributed by atoms with Crippen LogP contribution in [0.2, 0.25) is 0 Å². The summed E-state index contributed by atoms with van der Waals surface area (Å²) < 4.78 is 28.6. The predicted molar refractivity (Wildman–Crippen MR) is 203 cm³/mol. The first-order valence-electron chi connectivity index (χ1n) is 17.6. The number of sulfonamides is 1. The summed E-state index contributed by atoms with van der Waals surface area (Å²) >= 11 is 0. The average molecular weight is 714 g/mol. The Balaban J connectivity index is 0.00000195. The number of amidine groups is 1. The van der Waals surface area contributed by atoms with Gasteiger partial charge < -0.3 is 21.5 Å². The van der Waals surface area contributed by atoms with Gasteiger partial charge in [-0.25, -0.2) is 13.1 Å². The van der Waals surface area contributed by atoms with Gasteiger partial charge in [-0.3, -0.25) is 19.8 Å². The van der Waals surface area contributed by atoms with E-state index in [1.54, 1.807) is 55.5 Å². The molecule has 278 valence electrons. The number of nitrogen functional groups attached to an aromatic ring is 1. The van der Waals surface area contributed by atoms with Crippen LogP contribution in [0.3, 0.4) is 0 Å². The van der Waals surface area contributed by atoms with Crippen molar-refractivity contribution in [1.82, 2.24) is 15.4 Å². The highest BCUT2D eigenvalue weighted by Crippen LogP contribution is 2.46. The fourth-order valence-electron chi connectivity index (χ4n) is 4.74. The molecule has 2 aromatic rings. The van der Waals surface area contributed by atoms with Crippen molar-refractivity contribution in [2.75, 3.05) is 6.54 Å². The van der Waals surface area contributed by atoms with Crippen LogP contribution in [0.15, 0.2) is 78.4 Å². The van der Waals surface area contributed by atoms with Gasteiger partial charge in [-0.15, -0.1) is 0 Å². The zero-order valence-electron chi connectivity index (χ0n) is 30.8. The standard InChI is InChI=1S/C29H35N5O4S.C3H6O2.3C2H6/c30-28(31)23-13-11-21(12-14-23)17-32-26(35)18-33-29(36)27(25-16-24(25)15-20-7-3-1-4-8-20)34-39(37,38)19-22-9-5-2-6-10-22;1-2-3(4)5;3*1-2/h2-3,5-14,24-25,27,34H,1,4,15-19H2,(H3,30,31)(H,32,35)(H,33,36);2H2,1H3,(H,4,5);3*1-2H3/t24?,25-,27?;;;;/m0..../s1. The molecule has 0 radical (unpaired) electrons. The fraction of sp³-hybridized carbons (Fsp3) is 0.474. The summed E-state index contributed by atoms with van der Waals surface area (Å²) in [4.78, 5) is 35.0. The van der Waals surface area contributed by atoms with E-state index in [4.69, 9.17) is 16.2 Å². The highest BCUT2D eigenvalue weighted by atomic mass is 32.2. The van der Waals surface area contributed by atoms with Crippen LogP contribution in [0.25, 0.3) is 0 Å². The maximum atomic E-state index is 13.2. The van der Waals surface area contributed by atoms with Crippen LogP contribution in [-0.2, 0) is 36.7 Å². The molecule has 0 aliphatic heterocycles. The molecule has 3 atom stereocenters. The first-order valence-corrected chi connectivity index (χ1v) is 19.2. The number of carbonyl (C=O) groups is 3. The first-order chi connectivity index (χ1) is 24.0. The van der Waals surface area contributed by atoms with Crippen LogP contribution in [0.5, 0.6) is 0 Å². The van der Waals surface area contributed by atoms with Crippen LogP contribution < -0.4 is 21.1 Å². The highest BCUT2D eigenvalue weighted by molar-refractivity contribution is 7.88. The third-order valence-corrected chi connectivity index (χ3v) is 8.57. The van der Waals surface area contributed by atoms with Crippen molar-refractivity contribution >= 4 is 33.6 Å². The smallest absolute Gasteiger partial charge is 0.303 e. The number of carboxylic acids is 1. The fourth-order valence-corrected chi connectivity index (χ4v) is 6.13. The topological polar surface area (TPSA) is 192 Å². The largest absolute Gasteiger partial charge is 0.481 e. The van der Waals surface area contributed by atoms with Crippen molar-refractivity contribution in [2.45, 2.75) is 98.9 Å². The van der Waals surface area contributed by atoms with Gasteiger partial charge in [0.05, 0.1) is 12.3 Å². The van der Waals surface area contributed by atoms with Crippen LogP contribution in [-0.4, -0.2) is 49.7 Å². The minimum Gasteiger partial charge on any atom is -0.481 e. The number of carboxylic acid groups (broad SMARTS) is 1. The van der Waals surface area contributed by atoms with Gasteiger partial charge in [-0.05, 0) is 48.6 Å². The number of hydrogen-bond acceptors (Lipinski definition) is 6. The Bertz CT molecular complexity index is 1470. The third kappa shape index (κ3) is 18.5. The Morgan fingerprint density at radius 3 is 2.04 bits per heavy atom. The molecule has 0 heterocycles. The minimum atomic E-state index is -3.80. The van der Waals surface area contributed by atoms with Crippen molar-refractivity contribution in [3.63, 3.8) is 0 Å². The molecule has 0 saturated heterocycles. The first kappa shape index (κ1) is 45.7. The maximum Gasteiger partial charge on any atom is 0.303 e. The molecule has 0 bridgehead atoms. The van der Waals surface area contributed by atoms with E-state index in [0.29, 0.717) is 11.1 Å². The third-order valence-electron chi connectivity index (χ3n) is 7.24. The highest BCUT2D eigenvalue weighted by Gasteiger charge is 2.47. The number of allylic oxidation sites excluding steroid dienone is 4. The molecule has 0 spiro atoms. The van der Waals surface area contributed by atoms with E-state index >= 15 is 0 Å². The molecule has 11 nitrogen and oxygen atoms in total. The molecule has 7 N–H and O–H groups in total. The lowest BCUT2D eigenvalue weighted by atomic mass is 10.00. The van der Waals surface area contributed by atoms with Crippen molar-refractivity contribution < 1.29 is 27.9 Å². The minimum absolute atomic E-state index is 0.0351. The number of rotatable bonds is 14. The Morgan fingerprint density at radius 1 is 0.920 bits per heavy atom. The Kier molecular flexibility index (Phi) is 23.4. The molecule has 4 rings (SSSR count). The van der Waals surface area contributed by atoms with E-state index in [9.17, 15) is 22.8 Å². The second-order valence-electron chi connectivity index (χ2n) is 10.8. The van der Waals surface area contributed by atoms with Gasteiger partial charge in [-0.2, -0.15) is 0 Å². The molecule has 50 heavy (non-hydrogen) atoms. The number of amides is 2. The molecule has 2 aliphatic carbocycles. The zero-order valence-corrected chi connectivity index (χ0v) is 31.6. The Labute approximate surface area is 299 Å². The van der Waals surface area contributed by atoms with Crippen LogP contribution >= 0.6 is 0 Å². The summed E-state index contributed by atoms with van der Waals surface area (Å²) in [5.41, 5.74) is 8.72. The van der Waals surface area contributed by atoms with Crippen LogP contribution in [0.1, 0.15) is 97.3 Å². The SMILES string of the molecule is CC.CC.CC.CCC(=O)O.N=C(N)c1ccc(CNC(=O)CNC(=O)C(NS(=O)(=O)Cc2ccccc2)[C@H]2CC2CC2=CCCC=C2)cc1. The van der Waals surface area contributed by atoms with Crippen LogP contribution in [0.4, 0.5) is 0 Å². The number of carbonyl (C=O) groups excluding carboxylic acids is 2. The van der Waals surface area contributed by atoms with Gasteiger partial charge in [0.15, 0.2) is 0 Å². The summed E-state index contributed by atoms with van der Waals surface area (Å²) in [6, 6.07) is 14.8. The lowest BCUT2D eigenvalue weighted by molar-refractivity contribution is -0.136. The van der Waals surface area contributed by atoms with Gasteiger partial charge in [0, 0.05) is 18.5 Å². The van der Waals surface area contributed by atoms with Crippen molar-refractivity contribution in [1.29, 1.82) is 5.41 Å². The van der Waals surface area contributed by atoms with Crippen molar-refractivity contribution in [3.05, 3.63) is 95.1 Å². The van der Waals surface area contributed by atoms with Crippen molar-refractivity contribution in [2.24, 2.45) is 17.6 Å². The van der Waals surface area contributed by atoms with Gasteiger partial charge in [0.25, 0.3) is 0 Å². The van der Waals surface area contributed by atoms with E-state index in [1.807, 2.05) is 47.6 Å². The van der Waals surface area contributed by atoms with E-state index in [0.717, 1.165) is 31.2 Å². The number of nitrogens with two attached hydrogens (primary N) is 1. The predicted octanol–water partition coefficient (Wildman–Crippen LogP) is 6.05. The van der Waals surface area contributed by atoms with E-state index in [1.165, 1.54) is 5.57 Å². The molecule has 2 amide bonds. The molecule has 2 aromatic carbocycles. The van der Waals surface area contributed by atoms with Gasteiger partial charge in [0.1, 0.15) is 11.9 Å². The summed E-state index contributed by atoms with van der Waals surface area (Å²) in [6.07, 6.45) is 10.2. The molecule has 2 aliphatic rings. The Morgan fingerprint density at radius 2 is 1.52 bits per heavy atom. The normalized spacial score (nSPS) is 15.9. The lowest BCUT2D eigenvalue weighted by Gasteiger charge is -2.19. The second-order valence-corrected chi connectivity index (χ2v) is 12.6. The molecule has 12 heteroatoms. The van der Waals surface area contributed by atoms with Gasteiger partial charge >= 0.3 is 5.97 Å². The van der Waals surface area contributed by atoms with E-state index in [-0.39, 0.29) is 42.9 Å². The van der Waals surface area contributed by atoms with E-state index < -0.39 is 33.8 Å². The summed E-state index contributed by atoms with van der Waals surface area (Å²) in [6.45, 7) is 13.6. The maximum absolute atomic E-state index is 13.2. The molecule has 1 saturated carbocycles. The molecule has 1 fully saturated rings. The second kappa shape index (κ2) is 25.6. The molecular formula is C38H59N5O6S. The summed E-state index contributed by atoms with van der Waals surface area (Å²) in [5.74, 6) is -1.86. The van der Waals surface area contributed by atoms with Crippen molar-refractivity contribution in [3.8, 4) is 0 Å². The van der Waals surface area contributed by atoms with Crippen LogP contribution in [0, 0.1) is 17.2 Å². The Hall–Kier alpha value is -4.29. The van der Waals surface area contributed by atoms with E-state index in [2.05, 4.69) is 33.6 Å². The summed E-state index contributed by atoms with van der Waals surface area (Å²) in [5, 5.41) is 20.5. The summed E-state index contributed by atoms with van der Waals surface area (Å²) in [7, 11) is -3.80. The molecular weight excluding hydrogens is 655 g/mol. The number of nitrogens with one attached hydrogen (secondary N) is 4. The number of aliphatic carboxylic acids is 1. The molecule has 0 aromatic heterocycles. The average Bonchev–Trinajstić information content (AvgIpc) is 3.90. The zero-order chi connectivity index (χ0) is 38.1. The lowest BCUT2D eigenvalue weighted by Crippen LogP contribution is -2.50. The number of benzene rings is 2. The quantitative estimate of drug-likeness (QED) is 0.101. The van der Waals surface area contributed by atoms with Gasteiger partial charge in [0.2, 0.25) is 21.8 Å². The monoisotopic (exact) mass is 713 g/mol. The molecule has 2 unspecified atom stereocenters. The van der Waals surface area contributed by atoms with Gasteiger partial charge in [-0.1, -0.05) is 127 Å². The number of hydrogen-bond donors (Lipinski definition) is 6.